The number of ether oxygens (including phenoxy) is 11. The van der Waals surface area contributed by atoms with Gasteiger partial charge in [-0.25, -0.2) is 40.3 Å². The maximum Gasteiger partial charge on any atom is 0.475 e. The van der Waals surface area contributed by atoms with Crippen LogP contribution in [0.4, 0.5) is 5.82 Å². The molecule has 2 aliphatic heterocycles. The zero-order valence-electron chi connectivity index (χ0n) is 66.9. The summed E-state index contributed by atoms with van der Waals surface area (Å²) in [7, 11) is -3.24. The van der Waals surface area contributed by atoms with Gasteiger partial charge in [0.25, 0.3) is 14.4 Å². The molecule has 31 nitrogen and oxygen atoms in total. The molecule has 6 aromatic carbocycles. The molecule has 0 bridgehead atoms. The molecule has 0 saturated carbocycles. The van der Waals surface area contributed by atoms with E-state index < -0.39 is 101 Å². The molecular weight excluding hydrogens is 1560 g/mol. The number of amides is 2. The van der Waals surface area contributed by atoms with E-state index in [0.29, 0.717) is 36.3 Å². The van der Waals surface area contributed by atoms with Crippen LogP contribution in [0.1, 0.15) is 127 Å². The number of nitrogens with one attached hydrogen (secondary N) is 2. The fourth-order valence-corrected chi connectivity index (χ4v) is 16.3. The number of phosphoric acid groups is 1. The number of hydrogen-bond acceptors (Lipinski definition) is 27. The van der Waals surface area contributed by atoms with E-state index in [1.54, 1.807) is 111 Å². The van der Waals surface area contributed by atoms with Crippen LogP contribution in [0.2, 0.25) is 0 Å². The number of carbonyl (C=O) groups is 4. The van der Waals surface area contributed by atoms with Gasteiger partial charge in [0.1, 0.15) is 67.3 Å². The third kappa shape index (κ3) is 24.8. The highest BCUT2D eigenvalue weighted by molar-refractivity contribution is 7.48. The Morgan fingerprint density at radius 1 is 0.627 bits per heavy atom. The molecule has 0 aliphatic carbocycles. The van der Waals surface area contributed by atoms with E-state index in [1.165, 1.54) is 12.7 Å². The van der Waals surface area contributed by atoms with Crippen molar-refractivity contribution < 1.29 is 98.5 Å². The van der Waals surface area contributed by atoms with Crippen LogP contribution >= 0.6 is 16.3 Å². The molecule has 2 amide bonds. The summed E-state index contributed by atoms with van der Waals surface area (Å²) in [6.45, 7) is 15.8. The second kappa shape index (κ2) is 46.4. The zero-order chi connectivity index (χ0) is 83.7. The lowest BCUT2D eigenvalue weighted by Crippen LogP contribution is -2.58. The summed E-state index contributed by atoms with van der Waals surface area (Å²) in [6, 6.07) is 54.1. The molecule has 4 heterocycles. The first-order valence-corrected chi connectivity index (χ1v) is 41.5. The van der Waals surface area contributed by atoms with Crippen molar-refractivity contribution in [3.63, 3.8) is 0 Å². The lowest BCUT2D eigenvalue weighted by molar-refractivity contribution is -0.280. The van der Waals surface area contributed by atoms with Crippen LogP contribution in [-0.4, -0.2) is 197 Å². The standard InChI is InChI=1S/C85H100N10O21P2/c1-59(2)95(60(3)4)117(108-48-24-43-86)116-76-70(54-107-85(65-32-20-12-21-33-65,66-35-39-68(101-7)40-36-66)67-37-41-69(102-8)42-38-67)112-81(94-57-92-73-78(90-56-91-79(73)94)93-80(97)62-26-14-9-15-27-62)77(76)106-58-104-53-52-103-50-46-89-72(96)34-22-13-23-47-105-84-61(5)74(114-82(98)63-28-16-10-17-29-63)75(115-83(99)64-30-18-11-19-31-64)71(113-84)55-111-118(100,109-49-25-44-87)110-51-45-88-6/h9-12,14-21,26-33,35-42,56-57,59-61,70-71,74-77,81,84H,13,22-25,34,45-55,58H2,1-5,7-8H3,(H,89,96)(H,90,91,93,97)/t61?,70-,71-,74?,75-,76-,77-,81-,84+,117?,118?/m1/s1. The molecular formula is C85H100N10O21P2. The van der Waals surface area contributed by atoms with Crippen molar-refractivity contribution >= 4 is 57.1 Å². The van der Waals surface area contributed by atoms with Gasteiger partial charge in [0.05, 0.1) is 103 Å². The number of unbranched alkanes of at least 4 members (excludes halogenated alkanes) is 2. The van der Waals surface area contributed by atoms with E-state index in [-0.39, 0.29) is 138 Å². The summed E-state index contributed by atoms with van der Waals surface area (Å²) >= 11 is 0. The summed E-state index contributed by atoms with van der Waals surface area (Å²) in [5, 5.41) is 24.8. The minimum absolute atomic E-state index is 0.0568. The van der Waals surface area contributed by atoms with E-state index in [4.69, 9.17) is 91.3 Å². The first kappa shape index (κ1) is 90.3. The zero-order valence-corrected chi connectivity index (χ0v) is 68.7. The number of carbonyl (C=O) groups excluding carboxylic acids is 4. The summed E-state index contributed by atoms with van der Waals surface area (Å²) in [5.74, 6) is -1.49. The number of rotatable bonds is 48. The van der Waals surface area contributed by atoms with Gasteiger partial charge < -0.3 is 76.6 Å². The van der Waals surface area contributed by atoms with Crippen molar-refractivity contribution in [3.8, 4) is 23.6 Å². The second-order valence-electron chi connectivity index (χ2n) is 27.7. The predicted molar refractivity (Wildman–Crippen MR) is 432 cm³/mol. The first-order valence-electron chi connectivity index (χ1n) is 38.9. The molecule has 0 spiro atoms. The van der Waals surface area contributed by atoms with Crippen molar-refractivity contribution in [2.75, 3.05) is 98.9 Å². The van der Waals surface area contributed by atoms with Crippen molar-refractivity contribution in [1.29, 1.82) is 10.5 Å². The number of nitriles is 2. The topological polar surface area (TPSA) is 356 Å². The Bertz CT molecular complexity index is 4540. The molecule has 11 atom stereocenters. The van der Waals surface area contributed by atoms with E-state index in [9.17, 15) is 34.3 Å². The Labute approximate surface area is 688 Å². The van der Waals surface area contributed by atoms with Crippen molar-refractivity contribution in [2.24, 2.45) is 5.92 Å². The summed E-state index contributed by atoms with van der Waals surface area (Å²) < 4.78 is 118. The largest absolute Gasteiger partial charge is 0.497 e. The van der Waals surface area contributed by atoms with Crippen LogP contribution in [0.25, 0.3) is 16.0 Å². The summed E-state index contributed by atoms with van der Waals surface area (Å²) in [4.78, 5) is 71.6. The Kier molecular flexibility index (Phi) is 35.5. The van der Waals surface area contributed by atoms with Crippen molar-refractivity contribution in [2.45, 2.75) is 140 Å². The Hall–Kier alpha value is -10.0. The molecule has 2 aliphatic rings. The van der Waals surface area contributed by atoms with Gasteiger partial charge in [-0.3, -0.25) is 27.7 Å². The lowest BCUT2D eigenvalue weighted by Gasteiger charge is -2.44. The van der Waals surface area contributed by atoms with E-state index in [2.05, 4.69) is 31.2 Å². The number of methoxy groups -OCH3 is 2. The molecule has 4 unspecified atom stereocenters. The number of fused-ring (bicyclic) bond motifs is 1. The SMILES string of the molecule is [C-]#[N+]CCOP(=O)(OCCC#N)OC[C@H]1O[C@H](OCCCCCC(=O)NCCOCCOCO[C@@H]2[C@H](OP(OCCC#N)N(C(C)C)C(C)C)[C@@H](COC(c3ccccc3)(c3ccc(OC)cc3)c3ccc(OC)cc3)O[C@H]2n2cnc3c(NC(=O)c4ccccc4)ncnc32)C(C)C(OC(=O)c2ccccc2)[C@@H]1OC(=O)c1ccccc1. The Balaban J connectivity index is 0.801. The fourth-order valence-electron chi connectivity index (χ4n) is 13.4. The third-order valence-electron chi connectivity index (χ3n) is 19.1. The Morgan fingerprint density at radius 3 is 1.81 bits per heavy atom. The van der Waals surface area contributed by atoms with E-state index in [0.717, 1.165) is 16.7 Å². The number of phosphoric ester groups is 1. The molecule has 118 heavy (non-hydrogen) atoms. The van der Waals surface area contributed by atoms with Gasteiger partial charge in [-0.05, 0) is 118 Å². The number of benzene rings is 6. The normalized spacial score (nSPS) is 19.3. The van der Waals surface area contributed by atoms with Gasteiger partial charge in [-0.2, -0.15) is 10.5 Å². The number of aromatic nitrogens is 4. The van der Waals surface area contributed by atoms with Crippen LogP contribution in [0.5, 0.6) is 11.5 Å². The van der Waals surface area contributed by atoms with Gasteiger partial charge >= 0.3 is 19.8 Å². The lowest BCUT2D eigenvalue weighted by atomic mass is 9.80. The number of esters is 2. The van der Waals surface area contributed by atoms with Gasteiger partial charge in [-0.1, -0.05) is 123 Å². The number of anilines is 1. The second-order valence-corrected chi connectivity index (χ2v) is 30.8. The average Bonchev–Trinajstić information content (AvgIpc) is 1.55. The van der Waals surface area contributed by atoms with Crippen molar-refractivity contribution in [1.82, 2.24) is 29.5 Å². The van der Waals surface area contributed by atoms with Gasteiger partial charge in [-0.15, -0.1) is 0 Å². The maximum absolute atomic E-state index is 13.9. The van der Waals surface area contributed by atoms with Gasteiger partial charge in [0.15, 0.2) is 35.6 Å². The van der Waals surface area contributed by atoms with Crippen LogP contribution in [0.15, 0.2) is 183 Å². The average molecular weight is 1660 g/mol. The van der Waals surface area contributed by atoms with Crippen LogP contribution in [0.3, 0.4) is 0 Å². The predicted octanol–water partition coefficient (Wildman–Crippen LogP) is 13.5. The molecule has 8 aromatic rings. The third-order valence-corrected chi connectivity index (χ3v) is 22.7. The van der Waals surface area contributed by atoms with E-state index in [1.807, 2.05) is 119 Å². The highest BCUT2D eigenvalue weighted by atomic mass is 31.2. The van der Waals surface area contributed by atoms with Crippen LogP contribution in [0, 0.1) is 35.2 Å². The van der Waals surface area contributed by atoms with Crippen LogP contribution in [-0.2, 0) is 80.2 Å². The minimum atomic E-state index is -4.46. The minimum Gasteiger partial charge on any atom is -0.497 e. The van der Waals surface area contributed by atoms with E-state index >= 15 is 0 Å². The maximum atomic E-state index is 13.9. The smallest absolute Gasteiger partial charge is 0.475 e. The molecule has 626 valence electrons. The van der Waals surface area contributed by atoms with Crippen molar-refractivity contribution in [3.05, 3.63) is 227 Å². The molecule has 2 fully saturated rings. The monoisotopic (exact) mass is 1660 g/mol. The molecule has 2 N–H and O–H groups in total. The first-order chi connectivity index (χ1) is 57.4. The van der Waals surface area contributed by atoms with Crippen LogP contribution < -0.4 is 20.1 Å². The Morgan fingerprint density at radius 2 is 1.20 bits per heavy atom. The van der Waals surface area contributed by atoms with Gasteiger partial charge in [0.2, 0.25) is 12.5 Å². The fraction of sp³-hybridized carbons (Fsp3) is 0.435. The highest BCUT2D eigenvalue weighted by Gasteiger charge is 2.53. The van der Waals surface area contributed by atoms with Gasteiger partial charge in [0, 0.05) is 43.1 Å². The summed E-state index contributed by atoms with van der Waals surface area (Å²) in [5.41, 5.74) is 2.35. The molecule has 10 rings (SSSR count). The molecule has 2 saturated heterocycles. The number of hydrogen-bond donors (Lipinski definition) is 2. The highest BCUT2D eigenvalue weighted by Crippen LogP contribution is 2.53. The molecule has 33 heteroatoms. The summed E-state index contributed by atoms with van der Waals surface area (Å²) in [6.07, 6.45) is -4.69. The molecule has 0 radical (unpaired) electrons. The quantitative estimate of drug-likeness (QED) is 0.00893. The molecule has 2 aromatic heterocycles. The number of nitrogens with zero attached hydrogens (tertiary/aromatic N) is 8. The number of imidazole rings is 1.